The molecule has 0 saturated carbocycles. The number of aromatic amines is 1. The summed E-state index contributed by atoms with van der Waals surface area (Å²) in [5.41, 5.74) is 1.52. The first-order valence-corrected chi connectivity index (χ1v) is 6.26. The maximum atomic E-state index is 11.9. The Kier molecular flexibility index (Phi) is 3.03. The normalized spacial score (nSPS) is 12.0. The van der Waals surface area contributed by atoms with Crippen molar-refractivity contribution >= 4 is 0 Å². The van der Waals surface area contributed by atoms with Gasteiger partial charge in [0.1, 0.15) is 11.6 Å². The number of hydrogen-bond acceptors (Lipinski definition) is 5. The number of fused-ring (bicyclic) bond motifs is 1. The molecule has 1 aliphatic rings. The summed E-state index contributed by atoms with van der Waals surface area (Å²) < 4.78 is 16.0. The molecule has 1 N–H and O–H groups in total. The van der Waals surface area contributed by atoms with E-state index in [1.807, 2.05) is 6.07 Å². The number of ether oxygens (including phenoxy) is 3. The molecule has 6 nitrogen and oxygen atoms in total. The van der Waals surface area contributed by atoms with Crippen LogP contribution in [-0.4, -0.2) is 18.9 Å². The molecule has 0 saturated heterocycles. The molecule has 0 radical (unpaired) electrons. The van der Waals surface area contributed by atoms with Gasteiger partial charge in [-0.1, -0.05) is 0 Å². The quantitative estimate of drug-likeness (QED) is 0.911. The van der Waals surface area contributed by atoms with E-state index >= 15 is 0 Å². The molecule has 106 valence electrons. The van der Waals surface area contributed by atoms with E-state index in [1.54, 1.807) is 25.1 Å². The minimum absolute atomic E-state index is 0.0570. The van der Waals surface area contributed by atoms with Crippen molar-refractivity contribution in [2.45, 2.75) is 6.92 Å². The molecule has 1 aliphatic heterocycles. The molecule has 0 bridgehead atoms. The zero-order valence-electron chi connectivity index (χ0n) is 11.5. The summed E-state index contributed by atoms with van der Waals surface area (Å²) in [5.74, 6) is 1.56. The van der Waals surface area contributed by atoms with E-state index in [0.29, 0.717) is 34.1 Å². The maximum absolute atomic E-state index is 11.9. The van der Waals surface area contributed by atoms with Crippen molar-refractivity contribution in [2.24, 2.45) is 0 Å². The maximum Gasteiger partial charge on any atom is 0.266 e. The molecule has 0 unspecified atom stereocenters. The van der Waals surface area contributed by atoms with Gasteiger partial charge in [-0.05, 0) is 30.7 Å². The Morgan fingerprint density at radius 3 is 2.86 bits per heavy atom. The Bertz CT molecular complexity index is 818. The second kappa shape index (κ2) is 4.87. The summed E-state index contributed by atoms with van der Waals surface area (Å²) in [6.45, 7) is 1.88. The van der Waals surface area contributed by atoms with Crippen molar-refractivity contribution in [3.8, 4) is 34.4 Å². The standard InChI is InChI=1S/C15H12N2O4/c1-8-3-10(11(6-16)15(18)17-8)9-4-12(19-2)14-13(5-9)20-7-21-14/h3-5H,7H2,1-2H3,(H,17,18). The van der Waals surface area contributed by atoms with Crippen LogP contribution in [0, 0.1) is 18.3 Å². The predicted molar refractivity (Wildman–Crippen MR) is 74.6 cm³/mol. The molecule has 1 aromatic carbocycles. The molecule has 0 atom stereocenters. The van der Waals surface area contributed by atoms with Gasteiger partial charge in [0.25, 0.3) is 5.56 Å². The minimum Gasteiger partial charge on any atom is -0.493 e. The van der Waals surface area contributed by atoms with Gasteiger partial charge >= 0.3 is 0 Å². The zero-order chi connectivity index (χ0) is 15.0. The van der Waals surface area contributed by atoms with E-state index in [9.17, 15) is 10.1 Å². The first-order valence-electron chi connectivity index (χ1n) is 6.26. The lowest BCUT2D eigenvalue weighted by molar-refractivity contribution is 0.171. The lowest BCUT2D eigenvalue weighted by atomic mass is 10.00. The number of rotatable bonds is 2. The second-order valence-corrected chi connectivity index (χ2v) is 4.59. The number of hydrogen-bond donors (Lipinski definition) is 1. The summed E-state index contributed by atoms with van der Waals surface area (Å²) in [4.78, 5) is 14.5. The Hall–Kier alpha value is -2.94. The molecule has 0 amide bonds. The number of methoxy groups -OCH3 is 1. The molecule has 2 aromatic rings. The fourth-order valence-corrected chi connectivity index (χ4v) is 2.31. The van der Waals surface area contributed by atoms with Crippen molar-refractivity contribution in [3.05, 3.63) is 39.8 Å². The summed E-state index contributed by atoms with van der Waals surface area (Å²) >= 11 is 0. The Balaban J connectivity index is 2.27. The van der Waals surface area contributed by atoms with Crippen LogP contribution in [0.2, 0.25) is 0 Å². The molecular weight excluding hydrogens is 272 g/mol. The van der Waals surface area contributed by atoms with Gasteiger partial charge in [0, 0.05) is 11.3 Å². The van der Waals surface area contributed by atoms with Crippen molar-refractivity contribution in [1.82, 2.24) is 4.98 Å². The van der Waals surface area contributed by atoms with Gasteiger partial charge in [-0.3, -0.25) is 4.79 Å². The van der Waals surface area contributed by atoms with Crippen LogP contribution in [-0.2, 0) is 0 Å². The third kappa shape index (κ3) is 2.09. The van der Waals surface area contributed by atoms with Crippen molar-refractivity contribution < 1.29 is 14.2 Å². The number of nitrogens with one attached hydrogen (secondary N) is 1. The van der Waals surface area contributed by atoms with Crippen LogP contribution in [0.1, 0.15) is 11.3 Å². The number of aryl methyl sites for hydroxylation is 1. The average molecular weight is 284 g/mol. The van der Waals surface area contributed by atoms with Crippen LogP contribution in [0.5, 0.6) is 17.2 Å². The number of H-pyrrole nitrogens is 1. The van der Waals surface area contributed by atoms with Crippen LogP contribution in [0.15, 0.2) is 23.0 Å². The molecule has 6 heteroatoms. The summed E-state index contributed by atoms with van der Waals surface area (Å²) in [7, 11) is 1.52. The van der Waals surface area contributed by atoms with Crippen LogP contribution in [0.25, 0.3) is 11.1 Å². The van der Waals surface area contributed by atoms with E-state index in [-0.39, 0.29) is 12.4 Å². The Morgan fingerprint density at radius 2 is 2.14 bits per heavy atom. The largest absolute Gasteiger partial charge is 0.493 e. The smallest absolute Gasteiger partial charge is 0.266 e. The monoisotopic (exact) mass is 284 g/mol. The topological polar surface area (TPSA) is 84.3 Å². The van der Waals surface area contributed by atoms with Gasteiger partial charge in [-0.25, -0.2) is 0 Å². The fraction of sp³-hybridized carbons (Fsp3) is 0.200. The van der Waals surface area contributed by atoms with Gasteiger partial charge in [-0.15, -0.1) is 0 Å². The molecule has 21 heavy (non-hydrogen) atoms. The minimum atomic E-state index is -0.413. The highest BCUT2D eigenvalue weighted by Gasteiger charge is 2.22. The predicted octanol–water partition coefficient (Wildman–Crippen LogP) is 1.96. The number of nitrogens with zero attached hydrogens (tertiary/aromatic N) is 1. The van der Waals surface area contributed by atoms with E-state index in [4.69, 9.17) is 14.2 Å². The van der Waals surface area contributed by atoms with E-state index in [1.165, 1.54) is 7.11 Å². The molecule has 3 rings (SSSR count). The number of aromatic nitrogens is 1. The van der Waals surface area contributed by atoms with Gasteiger partial charge in [0.2, 0.25) is 12.5 Å². The lowest BCUT2D eigenvalue weighted by Crippen LogP contribution is -2.12. The molecule has 0 spiro atoms. The third-order valence-corrected chi connectivity index (χ3v) is 3.25. The van der Waals surface area contributed by atoms with Crippen molar-refractivity contribution in [2.75, 3.05) is 13.9 Å². The highest BCUT2D eigenvalue weighted by molar-refractivity contribution is 5.75. The third-order valence-electron chi connectivity index (χ3n) is 3.25. The molecule has 0 fully saturated rings. The molecule has 2 heterocycles. The van der Waals surface area contributed by atoms with Gasteiger partial charge in [0.15, 0.2) is 11.5 Å². The van der Waals surface area contributed by atoms with Gasteiger partial charge in [-0.2, -0.15) is 5.26 Å². The number of nitriles is 1. The average Bonchev–Trinajstić information content (AvgIpc) is 2.93. The van der Waals surface area contributed by atoms with Crippen LogP contribution in [0.4, 0.5) is 0 Å². The van der Waals surface area contributed by atoms with Crippen molar-refractivity contribution in [1.29, 1.82) is 5.26 Å². The highest BCUT2D eigenvalue weighted by Crippen LogP contribution is 2.44. The van der Waals surface area contributed by atoms with Crippen LogP contribution in [0.3, 0.4) is 0 Å². The zero-order valence-corrected chi connectivity index (χ0v) is 11.5. The summed E-state index contributed by atoms with van der Waals surface area (Å²) in [6.07, 6.45) is 0. The first kappa shape index (κ1) is 13.1. The van der Waals surface area contributed by atoms with Crippen LogP contribution >= 0.6 is 0 Å². The summed E-state index contributed by atoms with van der Waals surface area (Å²) in [6, 6.07) is 7.15. The number of pyridine rings is 1. The van der Waals surface area contributed by atoms with E-state index in [0.717, 1.165) is 0 Å². The van der Waals surface area contributed by atoms with Crippen LogP contribution < -0.4 is 19.8 Å². The SMILES string of the molecule is COc1cc(-c2cc(C)[nH]c(=O)c2C#N)cc2c1OCO2. The molecular formula is C15H12N2O4. The van der Waals surface area contributed by atoms with Gasteiger partial charge < -0.3 is 19.2 Å². The van der Waals surface area contributed by atoms with E-state index < -0.39 is 5.56 Å². The fourth-order valence-electron chi connectivity index (χ4n) is 2.31. The van der Waals surface area contributed by atoms with E-state index in [2.05, 4.69) is 4.98 Å². The summed E-state index contributed by atoms with van der Waals surface area (Å²) in [5, 5.41) is 9.21. The lowest BCUT2D eigenvalue weighted by Gasteiger charge is -2.10. The highest BCUT2D eigenvalue weighted by atomic mass is 16.7. The molecule has 0 aliphatic carbocycles. The van der Waals surface area contributed by atoms with Gasteiger partial charge in [0.05, 0.1) is 7.11 Å². The van der Waals surface area contributed by atoms with Crippen molar-refractivity contribution in [3.63, 3.8) is 0 Å². The Morgan fingerprint density at radius 1 is 1.33 bits per heavy atom. The molecule has 1 aromatic heterocycles. The first-order chi connectivity index (χ1) is 10.1. The second-order valence-electron chi connectivity index (χ2n) is 4.59. The Labute approximate surface area is 120 Å². The number of benzene rings is 1.